The van der Waals surface area contributed by atoms with Gasteiger partial charge in [0.05, 0.1) is 10.8 Å². The van der Waals surface area contributed by atoms with E-state index >= 15 is 0 Å². The Bertz CT molecular complexity index is 86.5. The summed E-state index contributed by atoms with van der Waals surface area (Å²) in [4.78, 5) is 8.56. The van der Waals surface area contributed by atoms with Crippen molar-refractivity contribution in [2.45, 2.75) is 18.7 Å². The summed E-state index contributed by atoms with van der Waals surface area (Å²) in [6, 6.07) is 0. The Balaban J connectivity index is 0. The molecule has 0 rings (SSSR count). The fourth-order valence-corrected chi connectivity index (χ4v) is 0. The van der Waals surface area contributed by atoms with E-state index in [4.69, 9.17) is 11.6 Å². The van der Waals surface area contributed by atoms with Crippen LogP contribution in [0.2, 0.25) is 0 Å². The van der Waals surface area contributed by atoms with Crippen molar-refractivity contribution in [3.63, 3.8) is 0 Å². The van der Waals surface area contributed by atoms with Crippen LogP contribution in [0.3, 0.4) is 0 Å². The number of rotatable bonds is 1. The van der Waals surface area contributed by atoms with Gasteiger partial charge in [-0.15, -0.1) is 11.6 Å². The number of alkyl halides is 1. The molecule has 0 spiro atoms. The molecule has 8 heavy (non-hydrogen) atoms. The van der Waals surface area contributed by atoms with Crippen molar-refractivity contribution in [1.82, 2.24) is 0 Å². The van der Waals surface area contributed by atoms with Crippen LogP contribution >= 0.6 is 11.6 Å². The number of aliphatic carboxylic acids is 1. The molecule has 0 heterocycles. The zero-order valence-corrected chi connectivity index (χ0v) is 9.07. The van der Waals surface area contributed by atoms with Gasteiger partial charge in [0.25, 0.3) is 0 Å². The molecular formula is C4H6ClKO2. The van der Waals surface area contributed by atoms with Crippen LogP contribution in [0.1, 0.15) is 13.8 Å². The van der Waals surface area contributed by atoms with Gasteiger partial charge in [-0.1, -0.05) is 0 Å². The van der Waals surface area contributed by atoms with Gasteiger partial charge in [-0.3, -0.25) is 0 Å². The van der Waals surface area contributed by atoms with Crippen molar-refractivity contribution >= 4 is 17.6 Å². The van der Waals surface area contributed by atoms with Gasteiger partial charge in [0.15, 0.2) is 0 Å². The van der Waals surface area contributed by atoms with Crippen molar-refractivity contribution in [3.05, 3.63) is 0 Å². The molecular weight excluding hydrogens is 155 g/mol. The van der Waals surface area contributed by atoms with E-state index in [0.717, 1.165) is 0 Å². The standard InChI is InChI=1S/C4H7ClO2.K/c1-4(2,5)3(6)7;/h1-2H3,(H,6,7);/q;+1/p-1. The normalized spacial score (nSPS) is 9.88. The van der Waals surface area contributed by atoms with Crippen molar-refractivity contribution in [1.29, 1.82) is 0 Å². The summed E-state index contributed by atoms with van der Waals surface area (Å²) >= 11 is 5.21. The summed E-state index contributed by atoms with van der Waals surface area (Å²) in [5.41, 5.74) is 0. The smallest absolute Gasteiger partial charge is 0.548 e. The average Bonchev–Trinajstić information content (AvgIpc) is 1.31. The maximum Gasteiger partial charge on any atom is 1.00 e. The minimum Gasteiger partial charge on any atom is -0.548 e. The Morgan fingerprint density at radius 3 is 1.75 bits per heavy atom. The molecule has 0 aromatic carbocycles. The van der Waals surface area contributed by atoms with E-state index < -0.39 is 10.8 Å². The van der Waals surface area contributed by atoms with Gasteiger partial charge in [0, 0.05) is 0 Å². The van der Waals surface area contributed by atoms with Gasteiger partial charge < -0.3 is 9.90 Å². The SMILES string of the molecule is CC(C)(Cl)C(=O)[O-].[K+]. The summed E-state index contributed by atoms with van der Waals surface area (Å²) in [5, 5.41) is 9.78. The fraction of sp³-hybridized carbons (Fsp3) is 0.750. The molecule has 4 heteroatoms. The molecule has 0 saturated carbocycles. The number of carboxylic acid groups (broad SMARTS) is 1. The Morgan fingerprint density at radius 1 is 1.62 bits per heavy atom. The first-order chi connectivity index (χ1) is 2.94. The molecule has 0 bridgehead atoms. The number of carbonyl (C=O) groups excluding carboxylic acids is 1. The molecule has 0 aliphatic heterocycles. The molecule has 0 aliphatic carbocycles. The molecule has 2 nitrogen and oxygen atoms in total. The Kier molecular flexibility index (Phi) is 6.43. The largest absolute Gasteiger partial charge is 1.00 e. The van der Waals surface area contributed by atoms with E-state index in [2.05, 4.69) is 0 Å². The predicted molar refractivity (Wildman–Crippen MR) is 24.9 cm³/mol. The molecule has 0 aromatic heterocycles. The zero-order valence-electron chi connectivity index (χ0n) is 5.19. The summed E-state index contributed by atoms with van der Waals surface area (Å²) < 4.78 is 0. The molecule has 42 valence electrons. The zero-order chi connectivity index (χ0) is 6.08. The number of halogens is 1. The summed E-state index contributed by atoms with van der Waals surface area (Å²) in [6.07, 6.45) is 0. The Hall–Kier alpha value is 1.40. The van der Waals surface area contributed by atoms with E-state index in [0.29, 0.717) is 0 Å². The van der Waals surface area contributed by atoms with Crippen LogP contribution in [0, 0.1) is 0 Å². The molecule has 0 saturated heterocycles. The second-order valence-electron chi connectivity index (χ2n) is 1.76. The monoisotopic (exact) mass is 160 g/mol. The topological polar surface area (TPSA) is 40.1 Å². The number of carboxylic acids is 1. The Labute approximate surface area is 96.0 Å². The molecule has 0 fully saturated rings. The van der Waals surface area contributed by atoms with Crippen LogP contribution in [-0.2, 0) is 4.79 Å². The van der Waals surface area contributed by atoms with Crippen LogP contribution in [0.5, 0.6) is 0 Å². The van der Waals surface area contributed by atoms with E-state index in [1.165, 1.54) is 13.8 Å². The summed E-state index contributed by atoms with van der Waals surface area (Å²) in [7, 11) is 0. The average molecular weight is 161 g/mol. The minimum absolute atomic E-state index is 0. The van der Waals surface area contributed by atoms with E-state index in [9.17, 15) is 9.90 Å². The molecule has 0 N–H and O–H groups in total. The van der Waals surface area contributed by atoms with Crippen LogP contribution < -0.4 is 56.5 Å². The van der Waals surface area contributed by atoms with Crippen molar-refractivity contribution in [2.75, 3.05) is 0 Å². The third-order valence-electron chi connectivity index (χ3n) is 0.485. The Morgan fingerprint density at radius 2 is 1.75 bits per heavy atom. The quantitative estimate of drug-likeness (QED) is 0.299. The summed E-state index contributed by atoms with van der Waals surface area (Å²) in [6.45, 7) is 2.73. The number of hydrogen-bond donors (Lipinski definition) is 0. The maximum absolute atomic E-state index is 9.78. The second kappa shape index (κ2) is 4.25. The van der Waals surface area contributed by atoms with Crippen LogP contribution in [0.15, 0.2) is 0 Å². The second-order valence-corrected chi connectivity index (χ2v) is 2.70. The summed E-state index contributed by atoms with van der Waals surface area (Å²) in [5.74, 6) is -1.24. The van der Waals surface area contributed by atoms with Crippen LogP contribution in [0.25, 0.3) is 0 Å². The van der Waals surface area contributed by atoms with E-state index in [1.54, 1.807) is 0 Å². The van der Waals surface area contributed by atoms with Crippen molar-refractivity contribution in [2.24, 2.45) is 0 Å². The molecule has 0 aromatic rings. The first kappa shape index (κ1) is 12.1. The number of hydrogen-bond acceptors (Lipinski definition) is 2. The van der Waals surface area contributed by atoms with Gasteiger partial charge in [0.2, 0.25) is 0 Å². The molecule has 0 radical (unpaired) electrons. The molecule has 0 amide bonds. The van der Waals surface area contributed by atoms with Gasteiger partial charge in [-0.25, -0.2) is 0 Å². The van der Waals surface area contributed by atoms with Gasteiger partial charge in [-0.05, 0) is 13.8 Å². The molecule has 0 unspecified atom stereocenters. The first-order valence-electron chi connectivity index (χ1n) is 1.85. The van der Waals surface area contributed by atoms with Gasteiger partial charge >= 0.3 is 51.4 Å². The molecule has 0 atom stereocenters. The third-order valence-corrected chi connectivity index (χ3v) is 0.640. The van der Waals surface area contributed by atoms with Gasteiger partial charge in [-0.2, -0.15) is 0 Å². The third kappa shape index (κ3) is 5.53. The van der Waals surface area contributed by atoms with Crippen LogP contribution in [-0.4, -0.2) is 10.8 Å². The number of carbonyl (C=O) groups is 1. The van der Waals surface area contributed by atoms with Crippen molar-refractivity contribution in [3.8, 4) is 0 Å². The first-order valence-corrected chi connectivity index (χ1v) is 2.23. The van der Waals surface area contributed by atoms with E-state index in [1.807, 2.05) is 0 Å². The molecule has 0 aliphatic rings. The van der Waals surface area contributed by atoms with Crippen LogP contribution in [0.4, 0.5) is 0 Å². The predicted octanol–water partition coefficient (Wildman–Crippen LogP) is -3.24. The maximum atomic E-state index is 9.78. The minimum atomic E-state index is -1.24. The van der Waals surface area contributed by atoms with Crippen molar-refractivity contribution < 1.29 is 61.3 Å². The van der Waals surface area contributed by atoms with Gasteiger partial charge in [0.1, 0.15) is 0 Å². The fourth-order valence-electron chi connectivity index (χ4n) is 0. The van der Waals surface area contributed by atoms with E-state index in [-0.39, 0.29) is 51.4 Å².